The van der Waals surface area contributed by atoms with Gasteiger partial charge >= 0.3 is 0 Å². The van der Waals surface area contributed by atoms with Crippen molar-refractivity contribution in [2.75, 3.05) is 0 Å². The van der Waals surface area contributed by atoms with Gasteiger partial charge in [-0.05, 0) is 42.3 Å². The third-order valence-corrected chi connectivity index (χ3v) is 3.99. The minimum atomic E-state index is -0.136. The molecule has 0 aliphatic rings. The van der Waals surface area contributed by atoms with Gasteiger partial charge in [0.1, 0.15) is 0 Å². The van der Waals surface area contributed by atoms with Crippen molar-refractivity contribution in [3.63, 3.8) is 0 Å². The standard InChI is InChI=1S/C22H20NO2.Ir/c1-16(24)14-20(25)12-7-11-19-15-18-10-5-6-13-21(18)22(23-19)17-8-3-2-4-9-17;/h2-6,8,10,13-15,25H,7,11-12H2,1H3;/q-1;. The molecule has 0 saturated heterocycles. The number of aryl methyl sites for hydroxylation is 1. The maximum atomic E-state index is 11.0. The summed E-state index contributed by atoms with van der Waals surface area (Å²) in [4.78, 5) is 15.8. The molecule has 0 bridgehead atoms. The minimum absolute atomic E-state index is 0. The van der Waals surface area contributed by atoms with E-state index in [1.54, 1.807) is 0 Å². The maximum absolute atomic E-state index is 11.0. The minimum Gasteiger partial charge on any atom is -0.512 e. The van der Waals surface area contributed by atoms with Gasteiger partial charge in [-0.2, -0.15) is 0 Å². The first-order valence-electron chi connectivity index (χ1n) is 8.39. The number of hydrogen-bond donors (Lipinski definition) is 1. The van der Waals surface area contributed by atoms with Crippen molar-refractivity contribution < 1.29 is 30.0 Å². The van der Waals surface area contributed by atoms with Crippen LogP contribution < -0.4 is 0 Å². The monoisotopic (exact) mass is 523 g/mol. The molecule has 1 N–H and O–H groups in total. The summed E-state index contributed by atoms with van der Waals surface area (Å²) in [6.45, 7) is 1.43. The van der Waals surface area contributed by atoms with Gasteiger partial charge in [0, 0.05) is 38.3 Å². The summed E-state index contributed by atoms with van der Waals surface area (Å²) in [5, 5.41) is 12.0. The normalized spacial score (nSPS) is 11.2. The Hall–Kier alpha value is -2.29. The van der Waals surface area contributed by atoms with E-state index < -0.39 is 0 Å². The second kappa shape index (κ2) is 9.42. The quantitative estimate of drug-likeness (QED) is 0.280. The van der Waals surface area contributed by atoms with Crippen molar-refractivity contribution in [1.29, 1.82) is 0 Å². The molecule has 1 aromatic heterocycles. The molecule has 3 aromatic rings. The summed E-state index contributed by atoms with van der Waals surface area (Å²) < 4.78 is 0. The van der Waals surface area contributed by atoms with E-state index in [2.05, 4.69) is 24.3 Å². The van der Waals surface area contributed by atoms with Crippen LogP contribution in [-0.2, 0) is 31.3 Å². The Kier molecular flexibility index (Phi) is 7.25. The molecule has 0 aliphatic heterocycles. The average Bonchev–Trinajstić information content (AvgIpc) is 2.61. The number of aromatic nitrogens is 1. The number of hydrogen-bond acceptors (Lipinski definition) is 3. The molecule has 26 heavy (non-hydrogen) atoms. The van der Waals surface area contributed by atoms with Crippen LogP contribution in [-0.4, -0.2) is 15.9 Å². The fourth-order valence-electron chi connectivity index (χ4n) is 2.89. The van der Waals surface area contributed by atoms with Gasteiger partial charge in [0.2, 0.25) is 0 Å². The predicted molar refractivity (Wildman–Crippen MR) is 100 cm³/mol. The summed E-state index contributed by atoms with van der Waals surface area (Å²) in [6, 6.07) is 21.4. The number of carbonyl (C=O) groups excluding carboxylic acids is 1. The molecule has 1 heterocycles. The van der Waals surface area contributed by atoms with Crippen molar-refractivity contribution >= 4 is 16.6 Å². The summed E-state index contributed by atoms with van der Waals surface area (Å²) in [5.41, 5.74) is 2.87. The molecule has 0 aliphatic carbocycles. The van der Waals surface area contributed by atoms with E-state index in [0.717, 1.165) is 40.6 Å². The van der Waals surface area contributed by atoms with Crippen LogP contribution in [0.3, 0.4) is 0 Å². The average molecular weight is 523 g/mol. The fourth-order valence-corrected chi connectivity index (χ4v) is 2.89. The van der Waals surface area contributed by atoms with E-state index in [-0.39, 0.29) is 31.6 Å². The molecule has 135 valence electrons. The Morgan fingerprint density at radius 3 is 2.69 bits per heavy atom. The molecule has 1 radical (unpaired) electrons. The Morgan fingerprint density at radius 1 is 1.19 bits per heavy atom. The van der Waals surface area contributed by atoms with E-state index in [4.69, 9.17) is 4.98 Å². The summed E-state index contributed by atoms with van der Waals surface area (Å²) in [7, 11) is 0. The van der Waals surface area contributed by atoms with E-state index in [0.29, 0.717) is 6.42 Å². The fraction of sp³-hybridized carbons (Fsp3) is 0.182. The first-order valence-corrected chi connectivity index (χ1v) is 8.39. The maximum Gasteiger partial charge on any atom is 0.155 e. The van der Waals surface area contributed by atoms with Crippen molar-refractivity contribution in [1.82, 2.24) is 4.98 Å². The van der Waals surface area contributed by atoms with Crippen molar-refractivity contribution in [2.45, 2.75) is 26.2 Å². The van der Waals surface area contributed by atoms with E-state index >= 15 is 0 Å². The van der Waals surface area contributed by atoms with Gasteiger partial charge < -0.3 is 10.1 Å². The Bertz CT molecular complexity index is 920. The molecule has 0 amide bonds. The summed E-state index contributed by atoms with van der Waals surface area (Å²) >= 11 is 0. The van der Waals surface area contributed by atoms with Crippen LogP contribution in [0.5, 0.6) is 0 Å². The second-order valence-corrected chi connectivity index (χ2v) is 6.06. The SMILES string of the molecule is CC(=O)C=C(O)CCCc1cc2ccccc2c(-c2[c-]cccc2)n1.[Ir]. The molecule has 0 saturated carbocycles. The number of rotatable bonds is 6. The number of ketones is 1. The van der Waals surface area contributed by atoms with Gasteiger partial charge in [0.05, 0.1) is 5.76 Å². The smallest absolute Gasteiger partial charge is 0.155 e. The molecule has 0 fully saturated rings. The number of benzene rings is 2. The van der Waals surface area contributed by atoms with Gasteiger partial charge in [-0.25, -0.2) is 0 Å². The molecule has 0 spiro atoms. The zero-order valence-electron chi connectivity index (χ0n) is 14.5. The number of allylic oxidation sites excluding steroid dienone is 2. The van der Waals surface area contributed by atoms with E-state index in [1.807, 2.05) is 36.4 Å². The first kappa shape index (κ1) is 20.0. The zero-order chi connectivity index (χ0) is 17.6. The molecule has 3 rings (SSSR count). The Balaban J connectivity index is 0.00000243. The van der Waals surface area contributed by atoms with Gasteiger partial charge in [-0.15, -0.1) is 35.9 Å². The third-order valence-electron chi connectivity index (χ3n) is 3.99. The molecule has 4 heteroatoms. The molecule has 0 atom stereocenters. The van der Waals surface area contributed by atoms with Crippen LogP contribution in [0, 0.1) is 6.07 Å². The molecular formula is C22H20IrNO2-. The van der Waals surface area contributed by atoms with E-state index in [1.165, 1.54) is 13.0 Å². The molecule has 0 unspecified atom stereocenters. The second-order valence-electron chi connectivity index (χ2n) is 6.06. The van der Waals surface area contributed by atoms with E-state index in [9.17, 15) is 9.90 Å². The first-order chi connectivity index (χ1) is 12.1. The number of fused-ring (bicyclic) bond motifs is 1. The van der Waals surface area contributed by atoms with Crippen LogP contribution >= 0.6 is 0 Å². The van der Waals surface area contributed by atoms with Gasteiger partial charge in [-0.1, -0.05) is 24.3 Å². The topological polar surface area (TPSA) is 50.2 Å². The van der Waals surface area contributed by atoms with Crippen LogP contribution in [0.25, 0.3) is 22.0 Å². The number of pyridine rings is 1. The van der Waals surface area contributed by atoms with Gasteiger partial charge in [0.25, 0.3) is 0 Å². The van der Waals surface area contributed by atoms with Crippen LogP contribution in [0.2, 0.25) is 0 Å². The largest absolute Gasteiger partial charge is 0.512 e. The van der Waals surface area contributed by atoms with Crippen molar-refractivity contribution in [2.24, 2.45) is 0 Å². The number of nitrogens with zero attached hydrogens (tertiary/aromatic N) is 1. The number of aliphatic hydroxyl groups excluding tert-OH is 1. The number of carbonyl (C=O) groups is 1. The summed E-state index contributed by atoms with van der Waals surface area (Å²) in [5.74, 6) is -0.00636. The Labute approximate surface area is 167 Å². The predicted octanol–water partition coefficient (Wildman–Crippen LogP) is 5.05. The van der Waals surface area contributed by atoms with Gasteiger partial charge in [0.15, 0.2) is 5.78 Å². The van der Waals surface area contributed by atoms with Crippen LogP contribution in [0.1, 0.15) is 25.5 Å². The van der Waals surface area contributed by atoms with Crippen LogP contribution in [0.4, 0.5) is 0 Å². The summed E-state index contributed by atoms with van der Waals surface area (Å²) in [6.07, 6.45) is 3.22. The Morgan fingerprint density at radius 2 is 1.96 bits per heavy atom. The van der Waals surface area contributed by atoms with Crippen molar-refractivity contribution in [3.05, 3.63) is 78.2 Å². The van der Waals surface area contributed by atoms with Crippen molar-refractivity contribution in [3.8, 4) is 11.3 Å². The number of aliphatic hydroxyl groups is 1. The molecule has 3 nitrogen and oxygen atoms in total. The van der Waals surface area contributed by atoms with Crippen LogP contribution in [0.15, 0.2) is 66.4 Å². The molecule has 2 aromatic carbocycles. The molecular weight excluding hydrogens is 502 g/mol. The zero-order valence-corrected chi connectivity index (χ0v) is 16.9. The van der Waals surface area contributed by atoms with Gasteiger partial charge in [-0.3, -0.25) is 4.79 Å². The third kappa shape index (κ3) is 5.10.